The third-order valence-electron chi connectivity index (χ3n) is 8.73. The van der Waals surface area contributed by atoms with Gasteiger partial charge in [-0.25, -0.2) is 0 Å². The first-order valence-corrected chi connectivity index (χ1v) is 18.9. The molecule has 0 saturated carbocycles. The number of nitrogens with zero attached hydrogens (tertiary/aromatic N) is 3. The van der Waals surface area contributed by atoms with Crippen LogP contribution in [0.4, 0.5) is 0 Å². The molecular weight excluding hydrogens is 700 g/mol. The number of phenolic OH excluding ortho intramolecular Hbond substituents is 2. The van der Waals surface area contributed by atoms with Gasteiger partial charge in [0.15, 0.2) is 6.10 Å². The minimum Gasteiger partial charge on any atom is -0.508 e. The zero-order valence-electron chi connectivity index (χ0n) is 33.7. The maximum Gasteiger partial charge on any atom is 0.290 e. The number of rotatable bonds is 17. The summed E-state index contributed by atoms with van der Waals surface area (Å²) in [5.41, 5.74) is 3.23. The summed E-state index contributed by atoms with van der Waals surface area (Å²) in [6, 6.07) is 23.4. The summed E-state index contributed by atoms with van der Waals surface area (Å²) in [6.45, 7) is 12.3. The van der Waals surface area contributed by atoms with Crippen molar-refractivity contribution in [1.29, 1.82) is 0 Å². The maximum atomic E-state index is 13.3. The molecule has 1 fully saturated rings. The number of carboxylic acid groups (broad SMARTS) is 1. The molecule has 0 spiro atoms. The van der Waals surface area contributed by atoms with Crippen molar-refractivity contribution in [2.24, 2.45) is 11.8 Å². The minimum atomic E-state index is -0.652. The fraction of sp³-hybridized carbons (Fsp3) is 0.488. The molecule has 3 aromatic rings. The highest BCUT2D eigenvalue weighted by Gasteiger charge is 2.42. The highest BCUT2D eigenvalue weighted by Crippen LogP contribution is 2.25. The Morgan fingerprint density at radius 3 is 1.95 bits per heavy atom. The van der Waals surface area contributed by atoms with Crippen LogP contribution in [0.3, 0.4) is 0 Å². The molecule has 1 saturated heterocycles. The van der Waals surface area contributed by atoms with Crippen molar-refractivity contribution in [1.82, 2.24) is 20.2 Å². The largest absolute Gasteiger partial charge is 0.508 e. The number of likely N-dealkylation sites (N-methyl/N-ethyl adjacent to an activating group) is 1. The van der Waals surface area contributed by atoms with Gasteiger partial charge in [-0.2, -0.15) is 5.06 Å². The van der Waals surface area contributed by atoms with Crippen LogP contribution >= 0.6 is 0 Å². The average molecular weight is 765 g/mol. The minimum absolute atomic E-state index is 0.0408. The molecule has 0 aromatic heterocycles. The second kappa shape index (κ2) is 27.9. The van der Waals surface area contributed by atoms with E-state index in [1.807, 2.05) is 87.3 Å². The summed E-state index contributed by atoms with van der Waals surface area (Å²) in [5, 5.41) is 30.1. The Bertz CT molecular complexity index is 1450. The van der Waals surface area contributed by atoms with Gasteiger partial charge in [0.25, 0.3) is 12.4 Å². The molecule has 3 aromatic carbocycles. The van der Waals surface area contributed by atoms with Gasteiger partial charge in [-0.1, -0.05) is 87.9 Å². The monoisotopic (exact) mass is 764 g/mol. The molecule has 55 heavy (non-hydrogen) atoms. The van der Waals surface area contributed by atoms with E-state index in [0.717, 1.165) is 36.2 Å². The van der Waals surface area contributed by atoms with Crippen LogP contribution in [0.5, 0.6) is 11.5 Å². The van der Waals surface area contributed by atoms with Crippen molar-refractivity contribution in [2.45, 2.75) is 85.0 Å². The van der Waals surface area contributed by atoms with Gasteiger partial charge >= 0.3 is 0 Å². The molecule has 1 heterocycles. The van der Waals surface area contributed by atoms with Gasteiger partial charge < -0.3 is 35.1 Å². The van der Waals surface area contributed by atoms with E-state index < -0.39 is 18.3 Å². The second-order valence-corrected chi connectivity index (χ2v) is 14.3. The van der Waals surface area contributed by atoms with E-state index >= 15 is 0 Å². The highest BCUT2D eigenvalue weighted by molar-refractivity contribution is 5.83. The first-order chi connectivity index (χ1) is 26.3. The molecule has 0 aliphatic carbocycles. The van der Waals surface area contributed by atoms with E-state index in [9.17, 15) is 19.5 Å². The highest BCUT2D eigenvalue weighted by atomic mass is 16.7. The first kappa shape index (κ1) is 48.4. The smallest absolute Gasteiger partial charge is 0.290 e. The van der Waals surface area contributed by atoms with Crippen LogP contribution in [0, 0.1) is 18.8 Å². The Morgan fingerprint density at radius 1 is 0.873 bits per heavy atom. The predicted molar refractivity (Wildman–Crippen MR) is 217 cm³/mol. The first-order valence-electron chi connectivity index (χ1n) is 18.9. The normalized spacial score (nSPS) is 15.9. The van der Waals surface area contributed by atoms with E-state index in [1.165, 1.54) is 18.4 Å². The maximum absolute atomic E-state index is 13.3. The van der Waals surface area contributed by atoms with Crippen LogP contribution in [0.25, 0.3) is 0 Å². The number of aldehydes is 2. The van der Waals surface area contributed by atoms with Crippen molar-refractivity contribution in [3.63, 3.8) is 0 Å². The number of amides is 1. The fourth-order valence-corrected chi connectivity index (χ4v) is 5.71. The number of nitrogens with one attached hydrogen (secondary N) is 1. The van der Waals surface area contributed by atoms with Crippen molar-refractivity contribution in [2.75, 3.05) is 40.3 Å². The van der Waals surface area contributed by atoms with E-state index in [4.69, 9.17) is 19.8 Å². The van der Waals surface area contributed by atoms with Crippen LogP contribution in [0.1, 0.15) is 63.6 Å². The molecule has 304 valence electrons. The van der Waals surface area contributed by atoms with Gasteiger partial charge in [-0.15, -0.1) is 0 Å². The number of benzene rings is 3. The van der Waals surface area contributed by atoms with Crippen molar-refractivity contribution in [3.8, 4) is 11.5 Å². The lowest BCUT2D eigenvalue weighted by atomic mass is 10.0. The SMILES string of the molecule is CC(C)CC1ON(CCc2ccccc2)C(CN(C)C(C=O)Cc2ccc(O)cc2)N(CC=O)C1=O.CNCCCC(C)C.Cc1ccc(O)cc1.O=CO. The van der Waals surface area contributed by atoms with Gasteiger partial charge in [-0.05, 0) is 107 Å². The van der Waals surface area contributed by atoms with Crippen molar-refractivity contribution in [3.05, 3.63) is 95.6 Å². The van der Waals surface area contributed by atoms with Crippen LogP contribution < -0.4 is 5.32 Å². The summed E-state index contributed by atoms with van der Waals surface area (Å²) in [5.74, 6) is 1.41. The Balaban J connectivity index is 0.000000648. The fourth-order valence-electron chi connectivity index (χ4n) is 5.71. The third-order valence-corrected chi connectivity index (χ3v) is 8.73. The Kier molecular flexibility index (Phi) is 24.5. The molecule has 4 N–H and O–H groups in total. The van der Waals surface area contributed by atoms with E-state index in [1.54, 1.807) is 41.3 Å². The number of hydrogen-bond donors (Lipinski definition) is 4. The molecule has 4 rings (SSSR count). The molecule has 1 amide bonds. The second-order valence-electron chi connectivity index (χ2n) is 14.3. The Labute approximate surface area is 328 Å². The van der Waals surface area contributed by atoms with Crippen molar-refractivity contribution >= 4 is 25.0 Å². The molecule has 0 radical (unpaired) electrons. The molecule has 12 nitrogen and oxygen atoms in total. The molecule has 0 bridgehead atoms. The predicted octanol–water partition coefficient (Wildman–Crippen LogP) is 5.74. The zero-order valence-corrected chi connectivity index (χ0v) is 33.7. The van der Waals surface area contributed by atoms with Crippen LogP contribution in [-0.2, 0) is 36.9 Å². The lowest BCUT2D eigenvalue weighted by Gasteiger charge is -2.47. The summed E-state index contributed by atoms with van der Waals surface area (Å²) in [7, 11) is 3.83. The van der Waals surface area contributed by atoms with Crippen LogP contribution in [0.15, 0.2) is 78.9 Å². The average Bonchev–Trinajstić information content (AvgIpc) is 3.15. The lowest BCUT2D eigenvalue weighted by molar-refractivity contribution is -0.278. The zero-order chi connectivity index (χ0) is 41.2. The van der Waals surface area contributed by atoms with E-state index in [2.05, 4.69) is 19.2 Å². The topological polar surface area (TPSA) is 160 Å². The summed E-state index contributed by atoms with van der Waals surface area (Å²) < 4.78 is 0. The quantitative estimate of drug-likeness (QED) is 0.0982. The third kappa shape index (κ3) is 20.0. The molecule has 3 atom stereocenters. The molecule has 3 unspecified atom stereocenters. The Hall–Kier alpha value is -4.62. The van der Waals surface area contributed by atoms with E-state index in [-0.39, 0.29) is 30.6 Å². The van der Waals surface area contributed by atoms with Gasteiger partial charge in [-0.3, -0.25) is 19.3 Å². The number of phenols is 2. The summed E-state index contributed by atoms with van der Waals surface area (Å²) in [6.07, 6.45) is 4.83. The lowest BCUT2D eigenvalue weighted by Crippen LogP contribution is -2.65. The number of hydroxylamine groups is 2. The standard InChI is InChI=1S/C28H37N3O5.C7H17N.C7H8O.CH2O2/c1-21(2)17-26-28(35)30(15-16-32)27(31(36-26)14-13-22-7-5-4-6-8-22)19-29(3)24(20-33)18-23-9-11-25(34)12-10-23;1-7(2)5-4-6-8-3;1-6-2-4-7(8)5-3-6;2-1-3/h4-12,16,20-21,24,26-27,34H,13-15,17-19H2,1-3H3;7-8H,4-6H2,1-3H3;2-5,8H,1H3;1H,(H,2,3). The number of carbonyl (C=O) groups excluding carboxylic acids is 3. The van der Waals surface area contributed by atoms with Gasteiger partial charge in [0.05, 0.1) is 12.6 Å². The van der Waals surface area contributed by atoms with Crippen LogP contribution in [-0.4, -0.2) is 114 Å². The number of carbonyl (C=O) groups is 4. The van der Waals surface area contributed by atoms with Crippen molar-refractivity contribution < 1.29 is 39.3 Å². The molecule has 12 heteroatoms. The van der Waals surface area contributed by atoms with Gasteiger partial charge in [0.1, 0.15) is 30.2 Å². The number of aromatic hydroxyl groups is 2. The van der Waals surface area contributed by atoms with Gasteiger partial charge in [0, 0.05) is 13.1 Å². The Morgan fingerprint density at radius 2 is 1.45 bits per heavy atom. The molecular formula is C43H64N4O8. The molecule has 1 aliphatic heterocycles. The number of aryl methyl sites for hydroxylation is 1. The van der Waals surface area contributed by atoms with Gasteiger partial charge in [0.2, 0.25) is 0 Å². The molecule has 1 aliphatic rings. The summed E-state index contributed by atoms with van der Waals surface area (Å²) >= 11 is 0. The van der Waals surface area contributed by atoms with Crippen LogP contribution in [0.2, 0.25) is 0 Å². The number of hydrogen-bond acceptors (Lipinski definition) is 10. The summed E-state index contributed by atoms with van der Waals surface area (Å²) in [4.78, 5) is 55.0. The van der Waals surface area contributed by atoms with E-state index in [0.29, 0.717) is 38.1 Å².